The Morgan fingerprint density at radius 1 is 1.27 bits per heavy atom. The topological polar surface area (TPSA) is 41.9 Å². The molecule has 1 fully saturated rings. The lowest BCUT2D eigenvalue weighted by Crippen LogP contribution is -2.36. The molecule has 0 amide bonds. The van der Waals surface area contributed by atoms with E-state index < -0.39 is 0 Å². The van der Waals surface area contributed by atoms with Crippen LogP contribution < -0.4 is 10.6 Å². The molecule has 116 valence electrons. The fourth-order valence-corrected chi connectivity index (χ4v) is 2.77. The SMILES string of the molecule is Cc1nn(Cc2ccccc2)c(C)c1CNC(=S)NC1CC1. The van der Waals surface area contributed by atoms with Gasteiger partial charge in [0.15, 0.2) is 5.11 Å². The van der Waals surface area contributed by atoms with Crippen LogP contribution in [0.1, 0.15) is 35.4 Å². The second-order valence-electron chi connectivity index (χ2n) is 5.89. The highest BCUT2D eigenvalue weighted by atomic mass is 32.1. The molecule has 3 rings (SSSR count). The van der Waals surface area contributed by atoms with Crippen LogP contribution in [0.4, 0.5) is 0 Å². The standard InChI is InChI=1S/C17H22N4S/c1-12-16(10-18-17(22)19-15-8-9-15)13(2)21(20-12)11-14-6-4-3-5-7-14/h3-7,15H,8-11H2,1-2H3,(H2,18,19,22). The van der Waals surface area contributed by atoms with Gasteiger partial charge >= 0.3 is 0 Å². The predicted octanol–water partition coefficient (Wildman–Crippen LogP) is 2.67. The smallest absolute Gasteiger partial charge is 0.166 e. The lowest BCUT2D eigenvalue weighted by molar-refractivity contribution is 0.657. The number of hydrogen-bond acceptors (Lipinski definition) is 2. The van der Waals surface area contributed by atoms with Crippen LogP contribution in [0.25, 0.3) is 0 Å². The van der Waals surface area contributed by atoms with Crippen LogP contribution in [0.15, 0.2) is 30.3 Å². The average Bonchev–Trinajstić information content (AvgIpc) is 3.27. The van der Waals surface area contributed by atoms with Gasteiger partial charge in [-0.25, -0.2) is 0 Å². The Hall–Kier alpha value is -1.88. The molecule has 2 aromatic rings. The molecule has 5 heteroatoms. The molecule has 0 spiro atoms. The molecule has 0 unspecified atom stereocenters. The first kappa shape index (κ1) is 15.0. The summed E-state index contributed by atoms with van der Waals surface area (Å²) in [6.07, 6.45) is 2.46. The van der Waals surface area contributed by atoms with Crippen LogP contribution in [0.3, 0.4) is 0 Å². The van der Waals surface area contributed by atoms with Gasteiger partial charge in [-0.05, 0) is 44.5 Å². The molecule has 1 heterocycles. The van der Waals surface area contributed by atoms with Gasteiger partial charge in [0, 0.05) is 23.8 Å². The molecule has 0 bridgehead atoms. The average molecular weight is 314 g/mol. The van der Waals surface area contributed by atoms with Crippen molar-refractivity contribution in [1.82, 2.24) is 20.4 Å². The van der Waals surface area contributed by atoms with Gasteiger partial charge in [0.2, 0.25) is 0 Å². The molecule has 1 aliphatic rings. The summed E-state index contributed by atoms with van der Waals surface area (Å²) in [6, 6.07) is 11.0. The number of nitrogens with zero attached hydrogens (tertiary/aromatic N) is 2. The van der Waals surface area contributed by atoms with E-state index >= 15 is 0 Å². The van der Waals surface area contributed by atoms with E-state index in [0.29, 0.717) is 6.04 Å². The van der Waals surface area contributed by atoms with E-state index in [-0.39, 0.29) is 0 Å². The number of nitrogens with one attached hydrogen (secondary N) is 2. The normalized spacial score (nSPS) is 13.9. The third-order valence-corrected chi connectivity index (χ3v) is 4.31. The highest BCUT2D eigenvalue weighted by Gasteiger charge is 2.21. The van der Waals surface area contributed by atoms with Crippen molar-refractivity contribution < 1.29 is 0 Å². The lowest BCUT2D eigenvalue weighted by atomic mass is 10.2. The van der Waals surface area contributed by atoms with Gasteiger partial charge in [0.1, 0.15) is 0 Å². The van der Waals surface area contributed by atoms with E-state index in [1.54, 1.807) is 0 Å². The van der Waals surface area contributed by atoms with Crippen LogP contribution in [-0.2, 0) is 13.1 Å². The summed E-state index contributed by atoms with van der Waals surface area (Å²) in [5.41, 5.74) is 4.76. The van der Waals surface area contributed by atoms with Gasteiger partial charge in [0.05, 0.1) is 12.2 Å². The fourth-order valence-electron chi connectivity index (χ4n) is 2.53. The minimum atomic E-state index is 0.586. The summed E-state index contributed by atoms with van der Waals surface area (Å²) >= 11 is 5.32. The summed E-state index contributed by atoms with van der Waals surface area (Å²) in [4.78, 5) is 0. The number of aromatic nitrogens is 2. The monoisotopic (exact) mass is 314 g/mol. The Morgan fingerprint density at radius 3 is 2.68 bits per heavy atom. The number of benzene rings is 1. The Bertz CT molecular complexity index is 659. The van der Waals surface area contributed by atoms with Crippen molar-refractivity contribution in [3.63, 3.8) is 0 Å². The largest absolute Gasteiger partial charge is 0.360 e. The first-order chi connectivity index (χ1) is 10.6. The van der Waals surface area contributed by atoms with Crippen LogP contribution in [0, 0.1) is 13.8 Å². The Balaban J connectivity index is 1.65. The maximum absolute atomic E-state index is 5.32. The van der Waals surface area contributed by atoms with Crippen molar-refractivity contribution in [2.24, 2.45) is 0 Å². The summed E-state index contributed by atoms with van der Waals surface area (Å²) in [7, 11) is 0. The molecule has 2 N–H and O–H groups in total. The fraction of sp³-hybridized carbons (Fsp3) is 0.412. The summed E-state index contributed by atoms with van der Waals surface area (Å²) < 4.78 is 2.07. The predicted molar refractivity (Wildman–Crippen MR) is 92.8 cm³/mol. The molecule has 1 aromatic carbocycles. The minimum Gasteiger partial charge on any atom is -0.360 e. The third-order valence-electron chi connectivity index (χ3n) is 4.04. The first-order valence-corrected chi connectivity index (χ1v) is 8.15. The van der Waals surface area contributed by atoms with Gasteiger partial charge in [-0.2, -0.15) is 5.10 Å². The lowest BCUT2D eigenvalue weighted by Gasteiger charge is -2.10. The summed E-state index contributed by atoms with van der Waals surface area (Å²) in [5, 5.41) is 12.0. The highest BCUT2D eigenvalue weighted by molar-refractivity contribution is 7.80. The summed E-state index contributed by atoms with van der Waals surface area (Å²) in [6.45, 7) is 5.71. The van der Waals surface area contributed by atoms with Crippen molar-refractivity contribution in [2.75, 3.05) is 0 Å². The molecule has 0 radical (unpaired) electrons. The second-order valence-corrected chi connectivity index (χ2v) is 6.30. The van der Waals surface area contributed by atoms with Crippen molar-refractivity contribution in [3.05, 3.63) is 52.8 Å². The molecular formula is C17H22N4S. The molecule has 0 saturated heterocycles. The van der Waals surface area contributed by atoms with E-state index in [1.807, 2.05) is 6.07 Å². The van der Waals surface area contributed by atoms with E-state index in [1.165, 1.54) is 29.7 Å². The minimum absolute atomic E-state index is 0.586. The van der Waals surface area contributed by atoms with Gasteiger partial charge in [0.25, 0.3) is 0 Å². The highest BCUT2D eigenvalue weighted by Crippen LogP contribution is 2.18. The number of aryl methyl sites for hydroxylation is 1. The van der Waals surface area contributed by atoms with E-state index in [4.69, 9.17) is 12.2 Å². The van der Waals surface area contributed by atoms with Gasteiger partial charge in [-0.3, -0.25) is 4.68 Å². The second kappa shape index (κ2) is 6.48. The molecule has 0 aliphatic heterocycles. The van der Waals surface area contributed by atoms with E-state index in [0.717, 1.165) is 23.9 Å². The van der Waals surface area contributed by atoms with Crippen molar-refractivity contribution in [3.8, 4) is 0 Å². The maximum Gasteiger partial charge on any atom is 0.166 e. The zero-order chi connectivity index (χ0) is 15.5. The van der Waals surface area contributed by atoms with Crippen LogP contribution in [-0.4, -0.2) is 20.9 Å². The van der Waals surface area contributed by atoms with Gasteiger partial charge in [-0.15, -0.1) is 0 Å². The van der Waals surface area contributed by atoms with Crippen molar-refractivity contribution in [2.45, 2.75) is 45.8 Å². The van der Waals surface area contributed by atoms with E-state index in [9.17, 15) is 0 Å². The zero-order valence-electron chi connectivity index (χ0n) is 13.1. The van der Waals surface area contributed by atoms with Gasteiger partial charge < -0.3 is 10.6 Å². The Labute approximate surface area is 136 Å². The van der Waals surface area contributed by atoms with Crippen LogP contribution >= 0.6 is 12.2 Å². The Morgan fingerprint density at radius 2 is 2.00 bits per heavy atom. The van der Waals surface area contributed by atoms with Crippen molar-refractivity contribution in [1.29, 1.82) is 0 Å². The van der Waals surface area contributed by atoms with E-state index in [2.05, 4.69) is 58.5 Å². The number of hydrogen-bond donors (Lipinski definition) is 2. The van der Waals surface area contributed by atoms with Crippen LogP contribution in [0.5, 0.6) is 0 Å². The first-order valence-electron chi connectivity index (χ1n) is 7.74. The molecule has 1 aliphatic carbocycles. The number of rotatable bonds is 5. The van der Waals surface area contributed by atoms with Gasteiger partial charge in [-0.1, -0.05) is 30.3 Å². The van der Waals surface area contributed by atoms with Crippen molar-refractivity contribution >= 4 is 17.3 Å². The molecule has 22 heavy (non-hydrogen) atoms. The third kappa shape index (κ3) is 3.65. The molecular weight excluding hydrogens is 292 g/mol. The molecule has 1 aromatic heterocycles. The van der Waals surface area contributed by atoms with Crippen LogP contribution in [0.2, 0.25) is 0 Å². The summed E-state index contributed by atoms with van der Waals surface area (Å²) in [5.74, 6) is 0. The zero-order valence-corrected chi connectivity index (χ0v) is 13.9. The quantitative estimate of drug-likeness (QED) is 0.833. The Kier molecular flexibility index (Phi) is 4.43. The molecule has 1 saturated carbocycles. The number of thiocarbonyl (C=S) groups is 1. The molecule has 4 nitrogen and oxygen atoms in total. The molecule has 0 atom stereocenters. The maximum atomic E-state index is 5.32.